The number of rotatable bonds is 3. The van der Waals surface area contributed by atoms with Crippen molar-refractivity contribution in [2.75, 3.05) is 7.11 Å². The molecule has 0 spiro atoms. The van der Waals surface area contributed by atoms with Crippen molar-refractivity contribution in [3.05, 3.63) is 40.1 Å². The lowest BCUT2D eigenvalue weighted by molar-refractivity contribution is 0.416. The summed E-state index contributed by atoms with van der Waals surface area (Å²) in [7, 11) is 1.70. The molecule has 1 aromatic heterocycles. The van der Waals surface area contributed by atoms with Gasteiger partial charge in [0, 0.05) is 17.7 Å². The van der Waals surface area contributed by atoms with Crippen LogP contribution >= 0.6 is 11.3 Å². The molecule has 1 aromatic carbocycles. The SMILES string of the molecule is COc1ccc(C)cc1-c1cscc1CN. The van der Waals surface area contributed by atoms with E-state index in [4.69, 9.17) is 10.5 Å². The molecule has 0 bridgehead atoms. The van der Waals surface area contributed by atoms with Crippen molar-refractivity contribution in [3.63, 3.8) is 0 Å². The van der Waals surface area contributed by atoms with Crippen LogP contribution in [-0.2, 0) is 6.54 Å². The molecule has 0 unspecified atom stereocenters. The fourth-order valence-corrected chi connectivity index (χ4v) is 2.62. The number of thiophene rings is 1. The molecular formula is C13H15NOS. The molecule has 0 radical (unpaired) electrons. The molecule has 0 fully saturated rings. The maximum atomic E-state index is 5.73. The van der Waals surface area contributed by atoms with Crippen molar-refractivity contribution in [2.24, 2.45) is 5.73 Å². The first kappa shape index (κ1) is 11.2. The van der Waals surface area contributed by atoms with Crippen molar-refractivity contribution in [1.82, 2.24) is 0 Å². The van der Waals surface area contributed by atoms with Crippen LogP contribution < -0.4 is 10.5 Å². The number of hydrogen-bond donors (Lipinski definition) is 1. The molecule has 0 atom stereocenters. The average Bonchev–Trinajstić information content (AvgIpc) is 2.76. The minimum Gasteiger partial charge on any atom is -0.496 e. The number of aryl methyl sites for hydroxylation is 1. The first-order valence-electron chi connectivity index (χ1n) is 5.16. The van der Waals surface area contributed by atoms with E-state index >= 15 is 0 Å². The van der Waals surface area contributed by atoms with Crippen molar-refractivity contribution < 1.29 is 4.74 Å². The van der Waals surface area contributed by atoms with Crippen molar-refractivity contribution in [3.8, 4) is 16.9 Å². The van der Waals surface area contributed by atoms with E-state index in [1.165, 1.54) is 16.7 Å². The first-order valence-corrected chi connectivity index (χ1v) is 6.10. The Hall–Kier alpha value is -1.32. The number of ether oxygens (including phenoxy) is 1. The smallest absolute Gasteiger partial charge is 0.126 e. The van der Waals surface area contributed by atoms with Crippen LogP contribution in [0.3, 0.4) is 0 Å². The largest absolute Gasteiger partial charge is 0.496 e. The third-order valence-corrected chi connectivity index (χ3v) is 3.40. The Morgan fingerprint density at radius 3 is 2.75 bits per heavy atom. The molecule has 2 N–H and O–H groups in total. The van der Waals surface area contributed by atoms with Crippen molar-refractivity contribution >= 4 is 11.3 Å². The third-order valence-electron chi connectivity index (χ3n) is 2.61. The molecule has 1 heterocycles. The van der Waals surface area contributed by atoms with Crippen LogP contribution in [0.5, 0.6) is 5.75 Å². The van der Waals surface area contributed by atoms with E-state index in [2.05, 4.69) is 29.8 Å². The lowest BCUT2D eigenvalue weighted by Crippen LogP contribution is -1.97. The van der Waals surface area contributed by atoms with Crippen LogP contribution in [0.1, 0.15) is 11.1 Å². The first-order chi connectivity index (χ1) is 7.76. The summed E-state index contributed by atoms with van der Waals surface area (Å²) in [6.07, 6.45) is 0. The van der Waals surface area contributed by atoms with Crippen LogP contribution in [0, 0.1) is 6.92 Å². The molecule has 84 valence electrons. The summed E-state index contributed by atoms with van der Waals surface area (Å²) in [5.74, 6) is 0.902. The van der Waals surface area contributed by atoms with Gasteiger partial charge in [0.25, 0.3) is 0 Å². The normalized spacial score (nSPS) is 10.4. The monoisotopic (exact) mass is 233 g/mol. The predicted octanol–water partition coefficient (Wildman–Crippen LogP) is 3.19. The van der Waals surface area contributed by atoms with Crippen LogP contribution in [0.15, 0.2) is 29.0 Å². The maximum absolute atomic E-state index is 5.73. The predicted molar refractivity (Wildman–Crippen MR) is 68.9 cm³/mol. The van der Waals surface area contributed by atoms with Gasteiger partial charge in [0.15, 0.2) is 0 Å². The van der Waals surface area contributed by atoms with Crippen LogP contribution in [-0.4, -0.2) is 7.11 Å². The molecule has 2 rings (SSSR count). The van der Waals surface area contributed by atoms with E-state index < -0.39 is 0 Å². The molecule has 3 heteroatoms. The Bertz CT molecular complexity index is 490. The van der Waals surface area contributed by atoms with E-state index in [0.29, 0.717) is 6.54 Å². The molecule has 0 aliphatic heterocycles. The second-order valence-electron chi connectivity index (χ2n) is 3.72. The van der Waals surface area contributed by atoms with Gasteiger partial charge in [-0.15, -0.1) is 0 Å². The third kappa shape index (κ3) is 1.96. The standard InChI is InChI=1S/C13H15NOS/c1-9-3-4-13(15-2)11(5-9)12-8-16-7-10(12)6-14/h3-5,7-8H,6,14H2,1-2H3. The van der Waals surface area contributed by atoms with Crippen LogP contribution in [0.4, 0.5) is 0 Å². The van der Waals surface area contributed by atoms with E-state index in [1.807, 2.05) is 6.07 Å². The molecule has 0 saturated heterocycles. The number of methoxy groups -OCH3 is 1. The van der Waals surface area contributed by atoms with Gasteiger partial charge in [-0.1, -0.05) is 11.6 Å². The minimum atomic E-state index is 0.565. The van der Waals surface area contributed by atoms with Crippen molar-refractivity contribution in [1.29, 1.82) is 0 Å². The minimum absolute atomic E-state index is 0.565. The van der Waals surface area contributed by atoms with Gasteiger partial charge in [-0.25, -0.2) is 0 Å². The highest BCUT2D eigenvalue weighted by atomic mass is 32.1. The Morgan fingerprint density at radius 1 is 1.25 bits per heavy atom. The fraction of sp³-hybridized carbons (Fsp3) is 0.231. The van der Waals surface area contributed by atoms with Gasteiger partial charge in [-0.2, -0.15) is 11.3 Å². The van der Waals surface area contributed by atoms with Crippen molar-refractivity contribution in [2.45, 2.75) is 13.5 Å². The summed E-state index contributed by atoms with van der Waals surface area (Å²) in [6.45, 7) is 2.65. The number of nitrogens with two attached hydrogens (primary N) is 1. The average molecular weight is 233 g/mol. The molecular weight excluding hydrogens is 218 g/mol. The zero-order valence-electron chi connectivity index (χ0n) is 9.49. The molecule has 0 aliphatic rings. The Kier molecular flexibility index (Phi) is 3.27. The molecule has 0 saturated carbocycles. The summed E-state index contributed by atoms with van der Waals surface area (Å²) in [5, 5.41) is 4.22. The fourth-order valence-electron chi connectivity index (χ4n) is 1.75. The molecule has 2 nitrogen and oxygen atoms in total. The lowest BCUT2D eigenvalue weighted by Gasteiger charge is -2.09. The highest BCUT2D eigenvalue weighted by Gasteiger charge is 2.10. The van der Waals surface area contributed by atoms with Gasteiger partial charge in [0.1, 0.15) is 5.75 Å². The molecule has 16 heavy (non-hydrogen) atoms. The van der Waals surface area contributed by atoms with Crippen LogP contribution in [0.2, 0.25) is 0 Å². The van der Waals surface area contributed by atoms with E-state index in [0.717, 1.165) is 11.3 Å². The van der Waals surface area contributed by atoms with E-state index in [1.54, 1.807) is 18.4 Å². The van der Waals surface area contributed by atoms with E-state index in [-0.39, 0.29) is 0 Å². The summed E-state index contributed by atoms with van der Waals surface area (Å²) >= 11 is 1.68. The summed E-state index contributed by atoms with van der Waals surface area (Å²) in [6, 6.07) is 6.19. The number of benzene rings is 1. The van der Waals surface area contributed by atoms with E-state index in [9.17, 15) is 0 Å². The molecule has 2 aromatic rings. The van der Waals surface area contributed by atoms with Gasteiger partial charge in [0.05, 0.1) is 7.11 Å². The Balaban J connectivity index is 2.58. The molecule has 0 aliphatic carbocycles. The van der Waals surface area contributed by atoms with Gasteiger partial charge < -0.3 is 10.5 Å². The second kappa shape index (κ2) is 4.68. The Morgan fingerprint density at radius 2 is 2.06 bits per heavy atom. The summed E-state index contributed by atoms with van der Waals surface area (Å²) in [5.41, 5.74) is 10.4. The zero-order valence-corrected chi connectivity index (χ0v) is 10.3. The summed E-state index contributed by atoms with van der Waals surface area (Å²) < 4.78 is 5.39. The van der Waals surface area contributed by atoms with Gasteiger partial charge in [-0.05, 0) is 35.4 Å². The topological polar surface area (TPSA) is 35.2 Å². The van der Waals surface area contributed by atoms with Gasteiger partial charge in [0.2, 0.25) is 0 Å². The van der Waals surface area contributed by atoms with Crippen LogP contribution in [0.25, 0.3) is 11.1 Å². The quantitative estimate of drug-likeness (QED) is 0.883. The number of hydrogen-bond acceptors (Lipinski definition) is 3. The highest BCUT2D eigenvalue weighted by Crippen LogP contribution is 2.34. The Labute approximate surface area is 99.7 Å². The zero-order chi connectivity index (χ0) is 11.5. The highest BCUT2D eigenvalue weighted by molar-refractivity contribution is 7.08. The second-order valence-corrected chi connectivity index (χ2v) is 4.46. The summed E-state index contributed by atoms with van der Waals surface area (Å²) in [4.78, 5) is 0. The maximum Gasteiger partial charge on any atom is 0.126 e. The lowest BCUT2D eigenvalue weighted by atomic mass is 10.0. The van der Waals surface area contributed by atoms with Gasteiger partial charge >= 0.3 is 0 Å². The molecule has 0 amide bonds. The van der Waals surface area contributed by atoms with Gasteiger partial charge in [-0.3, -0.25) is 0 Å².